The molecule has 4 rings (SSSR count). The molecule has 4 aromatic rings. The van der Waals surface area contributed by atoms with Crippen molar-refractivity contribution in [2.24, 2.45) is 0 Å². The molecule has 0 aliphatic heterocycles. The number of H-pyrrole nitrogens is 1. The Morgan fingerprint density at radius 2 is 1.83 bits per heavy atom. The summed E-state index contributed by atoms with van der Waals surface area (Å²) in [6.45, 7) is 0. The van der Waals surface area contributed by atoms with Crippen molar-refractivity contribution >= 4 is 22.2 Å². The highest BCUT2D eigenvalue weighted by molar-refractivity contribution is 5.95. The molecular formula is C17H14N4O2. The van der Waals surface area contributed by atoms with Gasteiger partial charge in [0.05, 0.1) is 12.6 Å². The van der Waals surface area contributed by atoms with Crippen LogP contribution in [0.25, 0.3) is 27.7 Å². The van der Waals surface area contributed by atoms with E-state index in [9.17, 15) is 4.79 Å². The first-order valence-electron chi connectivity index (χ1n) is 7.11. The van der Waals surface area contributed by atoms with E-state index in [4.69, 9.17) is 10.5 Å². The van der Waals surface area contributed by atoms with E-state index < -0.39 is 0 Å². The number of methoxy groups -OCH3 is 1. The molecule has 2 aromatic carbocycles. The molecule has 2 heterocycles. The molecule has 0 saturated carbocycles. The molecule has 2 aromatic heterocycles. The van der Waals surface area contributed by atoms with Crippen molar-refractivity contribution in [3.63, 3.8) is 0 Å². The fraction of sp³-hybridized carbons (Fsp3) is 0.0588. The maximum Gasteiger partial charge on any atom is 0.348 e. The van der Waals surface area contributed by atoms with Gasteiger partial charge < -0.3 is 10.5 Å². The van der Waals surface area contributed by atoms with Gasteiger partial charge in [-0.3, -0.25) is 0 Å². The maximum absolute atomic E-state index is 12.0. The van der Waals surface area contributed by atoms with E-state index in [1.807, 2.05) is 42.5 Å². The SMILES string of the molecule is COc1ccc(-c2ccc3c(N)cc4n[nH]c(=O)n4c3c2)cc1. The van der Waals surface area contributed by atoms with Gasteiger partial charge in [0, 0.05) is 17.1 Å². The Balaban J connectivity index is 2.00. The Morgan fingerprint density at radius 3 is 2.57 bits per heavy atom. The zero-order valence-corrected chi connectivity index (χ0v) is 12.4. The van der Waals surface area contributed by atoms with Gasteiger partial charge in [-0.25, -0.2) is 14.3 Å². The summed E-state index contributed by atoms with van der Waals surface area (Å²) in [5.41, 5.74) is 9.63. The van der Waals surface area contributed by atoms with E-state index in [0.29, 0.717) is 11.3 Å². The monoisotopic (exact) mass is 306 g/mol. The van der Waals surface area contributed by atoms with E-state index >= 15 is 0 Å². The van der Waals surface area contributed by atoms with E-state index in [2.05, 4.69) is 10.2 Å². The van der Waals surface area contributed by atoms with Gasteiger partial charge >= 0.3 is 5.69 Å². The molecule has 0 amide bonds. The lowest BCUT2D eigenvalue weighted by Crippen LogP contribution is -2.10. The Morgan fingerprint density at radius 1 is 1.09 bits per heavy atom. The lowest BCUT2D eigenvalue weighted by molar-refractivity contribution is 0.415. The highest BCUT2D eigenvalue weighted by Crippen LogP contribution is 2.28. The minimum absolute atomic E-state index is 0.281. The van der Waals surface area contributed by atoms with E-state index in [1.165, 1.54) is 4.40 Å². The summed E-state index contributed by atoms with van der Waals surface area (Å²) in [6, 6.07) is 15.3. The zero-order valence-electron chi connectivity index (χ0n) is 12.4. The van der Waals surface area contributed by atoms with Crippen molar-refractivity contribution in [3.8, 4) is 16.9 Å². The van der Waals surface area contributed by atoms with Crippen LogP contribution in [0.2, 0.25) is 0 Å². The number of hydrogen-bond donors (Lipinski definition) is 2. The molecule has 0 aliphatic rings. The van der Waals surface area contributed by atoms with E-state index in [0.717, 1.165) is 27.8 Å². The van der Waals surface area contributed by atoms with E-state index in [1.54, 1.807) is 13.2 Å². The highest BCUT2D eigenvalue weighted by Gasteiger charge is 2.10. The lowest BCUT2D eigenvalue weighted by atomic mass is 10.0. The van der Waals surface area contributed by atoms with Crippen LogP contribution >= 0.6 is 0 Å². The summed E-state index contributed by atoms with van der Waals surface area (Å²) in [6.07, 6.45) is 0. The molecule has 0 radical (unpaired) electrons. The molecule has 0 atom stereocenters. The minimum atomic E-state index is -0.281. The van der Waals surface area contributed by atoms with Crippen molar-refractivity contribution in [2.45, 2.75) is 0 Å². The van der Waals surface area contributed by atoms with Crippen molar-refractivity contribution in [1.82, 2.24) is 14.6 Å². The summed E-state index contributed by atoms with van der Waals surface area (Å²) in [4.78, 5) is 12.0. The molecule has 0 aliphatic carbocycles. The summed E-state index contributed by atoms with van der Waals surface area (Å²) < 4.78 is 6.71. The van der Waals surface area contributed by atoms with Crippen LogP contribution in [0.3, 0.4) is 0 Å². The number of rotatable bonds is 2. The fourth-order valence-corrected chi connectivity index (χ4v) is 2.78. The largest absolute Gasteiger partial charge is 0.497 e. The Labute approximate surface area is 131 Å². The molecule has 0 saturated heterocycles. The molecule has 0 fully saturated rings. The number of nitrogen functional groups attached to an aromatic ring is 1. The number of pyridine rings is 1. The van der Waals surface area contributed by atoms with Crippen LogP contribution in [0, 0.1) is 0 Å². The highest BCUT2D eigenvalue weighted by atomic mass is 16.5. The number of benzene rings is 2. The first-order valence-corrected chi connectivity index (χ1v) is 7.11. The summed E-state index contributed by atoms with van der Waals surface area (Å²) in [5.74, 6) is 0.798. The Kier molecular flexibility index (Phi) is 2.84. The fourth-order valence-electron chi connectivity index (χ4n) is 2.78. The third-order valence-electron chi connectivity index (χ3n) is 3.96. The second kappa shape index (κ2) is 4.88. The van der Waals surface area contributed by atoms with Crippen LogP contribution < -0.4 is 16.2 Å². The third kappa shape index (κ3) is 2.03. The number of nitrogens with zero attached hydrogens (tertiary/aromatic N) is 2. The predicted octanol–water partition coefficient (Wildman–Crippen LogP) is 2.43. The molecular weight excluding hydrogens is 292 g/mol. The van der Waals surface area contributed by atoms with Crippen molar-refractivity contribution in [2.75, 3.05) is 12.8 Å². The van der Waals surface area contributed by atoms with E-state index in [-0.39, 0.29) is 5.69 Å². The van der Waals surface area contributed by atoms with Gasteiger partial charge in [0.2, 0.25) is 0 Å². The van der Waals surface area contributed by atoms with Crippen LogP contribution in [0.15, 0.2) is 53.3 Å². The van der Waals surface area contributed by atoms with Crippen LogP contribution in [0.5, 0.6) is 5.75 Å². The van der Waals surface area contributed by atoms with Gasteiger partial charge in [-0.15, -0.1) is 0 Å². The van der Waals surface area contributed by atoms with Gasteiger partial charge in [-0.1, -0.05) is 24.3 Å². The van der Waals surface area contributed by atoms with Crippen LogP contribution in [-0.2, 0) is 0 Å². The summed E-state index contributed by atoms with van der Waals surface area (Å²) in [5, 5.41) is 7.26. The standard InChI is InChI=1S/C17H14N4O2/c1-23-12-5-2-10(3-6-12)11-4-7-13-14(18)9-16-19-20-17(22)21(16)15(13)8-11/h2-9H,18H2,1H3,(H,20,22). The first kappa shape index (κ1) is 13.4. The smallest absolute Gasteiger partial charge is 0.348 e. The van der Waals surface area contributed by atoms with Gasteiger partial charge in [-0.2, -0.15) is 5.10 Å². The minimum Gasteiger partial charge on any atom is -0.497 e. The van der Waals surface area contributed by atoms with Crippen LogP contribution in [0.1, 0.15) is 0 Å². The molecule has 3 N–H and O–H groups in total. The normalized spacial score (nSPS) is 11.2. The van der Waals surface area contributed by atoms with Gasteiger partial charge in [0.1, 0.15) is 5.75 Å². The molecule has 0 unspecified atom stereocenters. The number of fused-ring (bicyclic) bond motifs is 3. The Hall–Kier alpha value is -3.28. The van der Waals surface area contributed by atoms with Crippen molar-refractivity contribution in [3.05, 3.63) is 59.0 Å². The first-order chi connectivity index (χ1) is 11.2. The summed E-state index contributed by atoms with van der Waals surface area (Å²) >= 11 is 0. The molecule has 6 nitrogen and oxygen atoms in total. The number of aromatic nitrogens is 3. The second-order valence-electron chi connectivity index (χ2n) is 5.28. The Bertz CT molecular complexity index is 1080. The van der Waals surface area contributed by atoms with Crippen LogP contribution in [0.4, 0.5) is 5.69 Å². The van der Waals surface area contributed by atoms with Crippen molar-refractivity contribution in [1.29, 1.82) is 0 Å². The third-order valence-corrected chi connectivity index (χ3v) is 3.96. The second-order valence-corrected chi connectivity index (χ2v) is 5.28. The number of hydrogen-bond acceptors (Lipinski definition) is 4. The molecule has 0 spiro atoms. The zero-order chi connectivity index (χ0) is 16.0. The quantitative estimate of drug-likeness (QED) is 0.595. The van der Waals surface area contributed by atoms with Crippen molar-refractivity contribution < 1.29 is 4.74 Å². The average molecular weight is 306 g/mol. The maximum atomic E-state index is 12.0. The molecule has 114 valence electrons. The molecule has 23 heavy (non-hydrogen) atoms. The average Bonchev–Trinajstić information content (AvgIpc) is 2.95. The number of nitrogens with two attached hydrogens (primary N) is 1. The number of ether oxygens (including phenoxy) is 1. The lowest BCUT2D eigenvalue weighted by Gasteiger charge is -2.08. The molecule has 6 heteroatoms. The van der Waals surface area contributed by atoms with Gasteiger partial charge in [-0.05, 0) is 29.3 Å². The van der Waals surface area contributed by atoms with Crippen LogP contribution in [-0.4, -0.2) is 21.7 Å². The van der Waals surface area contributed by atoms with Gasteiger partial charge in [0.15, 0.2) is 5.65 Å². The predicted molar refractivity (Wildman–Crippen MR) is 89.7 cm³/mol. The topological polar surface area (TPSA) is 85.4 Å². The molecule has 0 bridgehead atoms. The number of nitrogens with one attached hydrogen (secondary N) is 1. The number of aromatic amines is 1. The number of anilines is 1. The summed E-state index contributed by atoms with van der Waals surface area (Å²) in [7, 11) is 1.63. The van der Waals surface area contributed by atoms with Gasteiger partial charge in [0.25, 0.3) is 0 Å².